The summed E-state index contributed by atoms with van der Waals surface area (Å²) in [5.41, 5.74) is 0. The molecule has 2 unspecified atom stereocenters. The van der Waals surface area contributed by atoms with Gasteiger partial charge >= 0.3 is 5.97 Å². The van der Waals surface area contributed by atoms with Crippen molar-refractivity contribution in [3.63, 3.8) is 0 Å². The Bertz CT molecular complexity index is 298. The molecular formula is C11H17NO4. The standard InChI is InChI=1S/C11H17NO4/c1-7(13)6-12-10(14)8-4-2-3-5-9(8)11(15)16/h2-3,7-9,13H,4-6H2,1H3,(H,12,14)(H,15,16)/t7-,8?,9?/m0/s1. The number of rotatable bonds is 4. The van der Waals surface area contributed by atoms with Gasteiger partial charge < -0.3 is 15.5 Å². The lowest BCUT2D eigenvalue weighted by Crippen LogP contribution is -2.41. The minimum atomic E-state index is -0.943. The molecule has 0 heterocycles. The molecule has 0 fully saturated rings. The summed E-state index contributed by atoms with van der Waals surface area (Å²) in [4.78, 5) is 22.6. The first kappa shape index (κ1) is 12.7. The molecule has 1 aliphatic carbocycles. The van der Waals surface area contributed by atoms with Crippen molar-refractivity contribution in [2.24, 2.45) is 11.8 Å². The molecule has 1 amide bonds. The van der Waals surface area contributed by atoms with Crippen LogP contribution in [0.5, 0.6) is 0 Å². The topological polar surface area (TPSA) is 86.6 Å². The van der Waals surface area contributed by atoms with Crippen molar-refractivity contribution in [3.05, 3.63) is 12.2 Å². The number of hydrogen-bond acceptors (Lipinski definition) is 3. The van der Waals surface area contributed by atoms with Crippen LogP contribution in [0.2, 0.25) is 0 Å². The Kier molecular flexibility index (Phi) is 4.49. The van der Waals surface area contributed by atoms with E-state index in [2.05, 4.69) is 5.32 Å². The third kappa shape index (κ3) is 3.34. The zero-order valence-corrected chi connectivity index (χ0v) is 9.22. The van der Waals surface area contributed by atoms with E-state index in [9.17, 15) is 9.59 Å². The van der Waals surface area contributed by atoms with Crippen molar-refractivity contribution < 1.29 is 19.8 Å². The second-order valence-electron chi connectivity index (χ2n) is 4.09. The van der Waals surface area contributed by atoms with Gasteiger partial charge in [0.2, 0.25) is 5.91 Å². The van der Waals surface area contributed by atoms with Gasteiger partial charge in [0.15, 0.2) is 0 Å². The van der Waals surface area contributed by atoms with Crippen LogP contribution in [0.25, 0.3) is 0 Å². The van der Waals surface area contributed by atoms with Gasteiger partial charge in [-0.05, 0) is 19.8 Å². The number of hydrogen-bond donors (Lipinski definition) is 3. The van der Waals surface area contributed by atoms with Crippen molar-refractivity contribution in [1.82, 2.24) is 5.32 Å². The smallest absolute Gasteiger partial charge is 0.307 e. The first-order valence-electron chi connectivity index (χ1n) is 5.36. The van der Waals surface area contributed by atoms with Crippen LogP contribution in [-0.4, -0.2) is 34.7 Å². The largest absolute Gasteiger partial charge is 0.481 e. The monoisotopic (exact) mass is 227 g/mol. The summed E-state index contributed by atoms with van der Waals surface area (Å²) in [6, 6.07) is 0. The normalized spacial score (nSPS) is 26.1. The SMILES string of the molecule is C[C@H](O)CNC(=O)C1CC=CCC1C(=O)O. The van der Waals surface area contributed by atoms with Gasteiger partial charge in [0.25, 0.3) is 0 Å². The van der Waals surface area contributed by atoms with E-state index < -0.39 is 23.9 Å². The van der Waals surface area contributed by atoms with Crippen LogP contribution in [0.1, 0.15) is 19.8 Å². The maximum atomic E-state index is 11.7. The van der Waals surface area contributed by atoms with Gasteiger partial charge in [0.05, 0.1) is 17.9 Å². The van der Waals surface area contributed by atoms with Gasteiger partial charge in [-0.1, -0.05) is 12.2 Å². The molecule has 3 N–H and O–H groups in total. The Labute approximate surface area is 94.2 Å². The van der Waals surface area contributed by atoms with Crippen molar-refractivity contribution in [2.75, 3.05) is 6.54 Å². The maximum absolute atomic E-state index is 11.7. The third-order valence-electron chi connectivity index (χ3n) is 2.66. The molecule has 3 atom stereocenters. The Hall–Kier alpha value is -1.36. The van der Waals surface area contributed by atoms with E-state index in [0.29, 0.717) is 12.8 Å². The fraction of sp³-hybridized carbons (Fsp3) is 0.636. The molecule has 0 aromatic heterocycles. The average molecular weight is 227 g/mol. The highest BCUT2D eigenvalue weighted by Crippen LogP contribution is 2.25. The van der Waals surface area contributed by atoms with Crippen LogP contribution >= 0.6 is 0 Å². The predicted octanol–water partition coefficient (Wildman–Crippen LogP) is 0.150. The molecule has 0 aromatic rings. The molecule has 0 bridgehead atoms. The quantitative estimate of drug-likeness (QED) is 0.597. The summed E-state index contributed by atoms with van der Waals surface area (Å²) in [7, 11) is 0. The van der Waals surface area contributed by atoms with E-state index in [1.165, 1.54) is 0 Å². The molecule has 5 nitrogen and oxygen atoms in total. The van der Waals surface area contributed by atoms with Crippen LogP contribution in [-0.2, 0) is 9.59 Å². The summed E-state index contributed by atoms with van der Waals surface area (Å²) in [5, 5.41) is 20.6. The lowest BCUT2D eigenvalue weighted by molar-refractivity contribution is -0.147. The minimum absolute atomic E-state index is 0.158. The molecule has 0 saturated carbocycles. The summed E-state index contributed by atoms with van der Waals surface area (Å²) in [5.74, 6) is -2.42. The number of carbonyl (C=O) groups is 2. The van der Waals surface area contributed by atoms with E-state index in [1.54, 1.807) is 13.0 Å². The van der Waals surface area contributed by atoms with Crippen LogP contribution in [0.15, 0.2) is 12.2 Å². The molecule has 0 spiro atoms. The fourth-order valence-corrected chi connectivity index (χ4v) is 1.76. The number of carboxylic acids is 1. The van der Waals surface area contributed by atoms with Crippen LogP contribution in [0.4, 0.5) is 0 Å². The van der Waals surface area contributed by atoms with Crippen molar-refractivity contribution in [1.29, 1.82) is 0 Å². The van der Waals surface area contributed by atoms with Crippen LogP contribution < -0.4 is 5.32 Å². The number of aliphatic hydroxyl groups is 1. The number of allylic oxidation sites excluding steroid dienone is 2. The molecule has 1 rings (SSSR count). The molecule has 90 valence electrons. The molecular weight excluding hydrogens is 210 g/mol. The molecule has 16 heavy (non-hydrogen) atoms. The molecule has 0 saturated heterocycles. The van der Waals surface area contributed by atoms with Crippen LogP contribution in [0, 0.1) is 11.8 Å². The molecule has 0 radical (unpaired) electrons. The van der Waals surface area contributed by atoms with Crippen molar-refractivity contribution >= 4 is 11.9 Å². The van der Waals surface area contributed by atoms with Gasteiger partial charge in [-0.2, -0.15) is 0 Å². The van der Waals surface area contributed by atoms with E-state index in [0.717, 1.165) is 0 Å². The summed E-state index contributed by atoms with van der Waals surface area (Å²) >= 11 is 0. The van der Waals surface area contributed by atoms with Gasteiger partial charge in [-0.15, -0.1) is 0 Å². The van der Waals surface area contributed by atoms with E-state index in [-0.39, 0.29) is 12.5 Å². The van der Waals surface area contributed by atoms with Crippen molar-refractivity contribution in [3.8, 4) is 0 Å². The van der Waals surface area contributed by atoms with Crippen LogP contribution in [0.3, 0.4) is 0 Å². The molecule has 1 aliphatic rings. The minimum Gasteiger partial charge on any atom is -0.481 e. The zero-order chi connectivity index (χ0) is 12.1. The lowest BCUT2D eigenvalue weighted by atomic mass is 9.82. The number of amides is 1. The van der Waals surface area contributed by atoms with Gasteiger partial charge in [-0.25, -0.2) is 0 Å². The number of aliphatic hydroxyl groups excluding tert-OH is 1. The number of carbonyl (C=O) groups excluding carboxylic acids is 1. The highest BCUT2D eigenvalue weighted by atomic mass is 16.4. The molecule has 5 heteroatoms. The molecule has 0 aromatic carbocycles. The number of nitrogens with one attached hydrogen (secondary N) is 1. The number of aliphatic carboxylic acids is 1. The third-order valence-corrected chi connectivity index (χ3v) is 2.66. The Morgan fingerprint density at radius 2 is 1.94 bits per heavy atom. The summed E-state index contributed by atoms with van der Waals surface area (Å²) in [6.45, 7) is 1.72. The lowest BCUT2D eigenvalue weighted by Gasteiger charge is -2.24. The van der Waals surface area contributed by atoms with E-state index >= 15 is 0 Å². The van der Waals surface area contributed by atoms with Gasteiger partial charge in [0.1, 0.15) is 0 Å². The zero-order valence-electron chi connectivity index (χ0n) is 9.22. The Morgan fingerprint density at radius 1 is 1.38 bits per heavy atom. The Morgan fingerprint density at radius 3 is 2.44 bits per heavy atom. The van der Waals surface area contributed by atoms with E-state index in [4.69, 9.17) is 10.2 Å². The summed E-state index contributed by atoms with van der Waals surface area (Å²) in [6.07, 6.45) is 3.83. The second kappa shape index (κ2) is 5.65. The fourth-order valence-electron chi connectivity index (χ4n) is 1.76. The first-order valence-corrected chi connectivity index (χ1v) is 5.36. The van der Waals surface area contributed by atoms with E-state index in [1.807, 2.05) is 6.08 Å². The second-order valence-corrected chi connectivity index (χ2v) is 4.09. The van der Waals surface area contributed by atoms with Gasteiger partial charge in [0, 0.05) is 6.54 Å². The summed E-state index contributed by atoms with van der Waals surface area (Å²) < 4.78 is 0. The van der Waals surface area contributed by atoms with Crippen molar-refractivity contribution in [2.45, 2.75) is 25.9 Å². The highest BCUT2D eigenvalue weighted by molar-refractivity contribution is 5.85. The first-order chi connectivity index (χ1) is 7.52. The Balaban J connectivity index is 2.58. The number of carboxylic acid groups (broad SMARTS) is 1. The average Bonchev–Trinajstić information content (AvgIpc) is 2.25. The maximum Gasteiger partial charge on any atom is 0.307 e. The molecule has 0 aliphatic heterocycles. The predicted molar refractivity (Wildman–Crippen MR) is 57.7 cm³/mol. The van der Waals surface area contributed by atoms with Gasteiger partial charge in [-0.3, -0.25) is 9.59 Å². The highest BCUT2D eigenvalue weighted by Gasteiger charge is 2.33.